The van der Waals surface area contributed by atoms with Crippen molar-refractivity contribution in [3.63, 3.8) is 0 Å². The van der Waals surface area contributed by atoms with Gasteiger partial charge >= 0.3 is 6.03 Å². The number of urea groups is 1. The maximum atomic E-state index is 11.7. The van der Waals surface area contributed by atoms with Crippen molar-refractivity contribution in [2.45, 2.75) is 0 Å². The zero-order valence-electron chi connectivity index (χ0n) is 8.76. The maximum Gasteiger partial charge on any atom is 0.324 e. The highest BCUT2D eigenvalue weighted by Crippen LogP contribution is 2.09. The summed E-state index contributed by atoms with van der Waals surface area (Å²) in [6.07, 6.45) is 2.31. The lowest BCUT2D eigenvalue weighted by Crippen LogP contribution is -2.49. The Kier molecular flexibility index (Phi) is 3.09. The number of piperazine rings is 1. The highest BCUT2D eigenvalue weighted by Gasteiger charge is 2.20. The van der Waals surface area contributed by atoms with Gasteiger partial charge < -0.3 is 14.2 Å². The van der Waals surface area contributed by atoms with E-state index < -0.39 is 0 Å². The second kappa shape index (κ2) is 4.69. The standard InChI is InChI=1S/C10H13N3O3/c14-8-12-3-5-13(6-4-12)10(15)11-9-2-1-7-16-9/h1-2,7-8H,3-6H2,(H,11,15). The van der Waals surface area contributed by atoms with E-state index in [9.17, 15) is 9.59 Å². The summed E-state index contributed by atoms with van der Waals surface area (Å²) in [7, 11) is 0. The highest BCUT2D eigenvalue weighted by atomic mass is 16.3. The Balaban J connectivity index is 1.84. The van der Waals surface area contributed by atoms with Crippen molar-refractivity contribution in [3.8, 4) is 0 Å². The molecular formula is C10H13N3O3. The Morgan fingerprint density at radius 3 is 2.69 bits per heavy atom. The SMILES string of the molecule is O=CN1CCN(C(=O)Nc2ccco2)CC1. The summed E-state index contributed by atoms with van der Waals surface area (Å²) in [5, 5.41) is 2.64. The second-order valence-corrected chi connectivity index (χ2v) is 3.54. The van der Waals surface area contributed by atoms with Gasteiger partial charge in [0.1, 0.15) is 0 Å². The van der Waals surface area contributed by atoms with Crippen molar-refractivity contribution < 1.29 is 14.0 Å². The molecule has 1 aliphatic rings. The van der Waals surface area contributed by atoms with Crippen LogP contribution in [0.4, 0.5) is 10.7 Å². The molecule has 86 valence electrons. The molecule has 3 amide bonds. The average Bonchev–Trinajstić information content (AvgIpc) is 2.82. The molecule has 0 saturated carbocycles. The third-order valence-corrected chi connectivity index (χ3v) is 2.50. The number of nitrogens with zero attached hydrogens (tertiary/aromatic N) is 2. The summed E-state index contributed by atoms with van der Waals surface area (Å²) >= 11 is 0. The Morgan fingerprint density at radius 2 is 2.12 bits per heavy atom. The predicted molar refractivity (Wildman–Crippen MR) is 56.9 cm³/mol. The molecule has 1 saturated heterocycles. The Bertz CT molecular complexity index is 355. The molecule has 1 N–H and O–H groups in total. The maximum absolute atomic E-state index is 11.7. The van der Waals surface area contributed by atoms with Gasteiger partial charge in [0.25, 0.3) is 0 Å². The van der Waals surface area contributed by atoms with Gasteiger partial charge in [-0.1, -0.05) is 0 Å². The first-order valence-corrected chi connectivity index (χ1v) is 5.08. The Hall–Kier alpha value is -1.98. The van der Waals surface area contributed by atoms with E-state index >= 15 is 0 Å². The van der Waals surface area contributed by atoms with Gasteiger partial charge in [-0.15, -0.1) is 0 Å². The van der Waals surface area contributed by atoms with Gasteiger partial charge in [-0.2, -0.15) is 0 Å². The zero-order chi connectivity index (χ0) is 11.4. The van der Waals surface area contributed by atoms with E-state index in [0.717, 1.165) is 6.41 Å². The van der Waals surface area contributed by atoms with Crippen molar-refractivity contribution in [1.82, 2.24) is 9.80 Å². The van der Waals surface area contributed by atoms with Gasteiger partial charge in [0.05, 0.1) is 6.26 Å². The smallest absolute Gasteiger partial charge is 0.324 e. The number of carbonyl (C=O) groups is 2. The van der Waals surface area contributed by atoms with Crippen LogP contribution in [0.5, 0.6) is 0 Å². The summed E-state index contributed by atoms with van der Waals surface area (Å²) in [6.45, 7) is 2.25. The fourth-order valence-corrected chi connectivity index (χ4v) is 1.56. The molecule has 0 aliphatic carbocycles. The van der Waals surface area contributed by atoms with E-state index in [4.69, 9.17) is 4.42 Å². The Morgan fingerprint density at radius 1 is 1.38 bits per heavy atom. The largest absolute Gasteiger partial charge is 0.449 e. The summed E-state index contributed by atoms with van der Waals surface area (Å²) in [6, 6.07) is 3.19. The molecule has 2 rings (SSSR count). The van der Waals surface area contributed by atoms with E-state index in [-0.39, 0.29) is 6.03 Å². The van der Waals surface area contributed by atoms with Gasteiger partial charge in [0.15, 0.2) is 0 Å². The van der Waals surface area contributed by atoms with Crippen LogP contribution in [0.3, 0.4) is 0 Å². The quantitative estimate of drug-likeness (QED) is 0.746. The van der Waals surface area contributed by atoms with E-state index in [0.29, 0.717) is 32.1 Å². The van der Waals surface area contributed by atoms with Gasteiger partial charge in [-0.25, -0.2) is 4.79 Å². The van der Waals surface area contributed by atoms with E-state index in [1.807, 2.05) is 0 Å². The molecular weight excluding hydrogens is 210 g/mol. The summed E-state index contributed by atoms with van der Waals surface area (Å²) in [5.41, 5.74) is 0. The predicted octanol–water partition coefficient (Wildman–Crippen LogP) is 0.585. The lowest BCUT2D eigenvalue weighted by molar-refractivity contribution is -0.119. The molecule has 0 radical (unpaired) electrons. The first-order valence-electron chi connectivity index (χ1n) is 5.08. The van der Waals surface area contributed by atoms with Crippen LogP contribution in [0.15, 0.2) is 22.8 Å². The fourth-order valence-electron chi connectivity index (χ4n) is 1.56. The number of nitrogens with one attached hydrogen (secondary N) is 1. The van der Waals surface area contributed by atoms with Crippen LogP contribution < -0.4 is 5.32 Å². The minimum atomic E-state index is -0.194. The summed E-state index contributed by atoms with van der Waals surface area (Å²) in [4.78, 5) is 25.5. The van der Waals surface area contributed by atoms with Crippen LogP contribution in [0, 0.1) is 0 Å². The average molecular weight is 223 g/mol. The summed E-state index contributed by atoms with van der Waals surface area (Å²) in [5.74, 6) is 0.433. The van der Waals surface area contributed by atoms with Crippen LogP contribution in [0.1, 0.15) is 0 Å². The van der Waals surface area contributed by atoms with Crippen LogP contribution in [-0.4, -0.2) is 48.4 Å². The van der Waals surface area contributed by atoms with Gasteiger partial charge in [-0.3, -0.25) is 10.1 Å². The molecule has 0 bridgehead atoms. The van der Waals surface area contributed by atoms with Crippen molar-refractivity contribution >= 4 is 18.3 Å². The minimum Gasteiger partial charge on any atom is -0.449 e. The number of rotatable bonds is 2. The van der Waals surface area contributed by atoms with Crippen LogP contribution in [0.2, 0.25) is 0 Å². The lowest BCUT2D eigenvalue weighted by Gasteiger charge is -2.32. The van der Waals surface area contributed by atoms with Crippen molar-refractivity contribution in [1.29, 1.82) is 0 Å². The van der Waals surface area contributed by atoms with Crippen LogP contribution in [-0.2, 0) is 4.79 Å². The van der Waals surface area contributed by atoms with Crippen LogP contribution >= 0.6 is 0 Å². The monoisotopic (exact) mass is 223 g/mol. The fraction of sp³-hybridized carbons (Fsp3) is 0.400. The first-order chi connectivity index (χ1) is 7.79. The lowest BCUT2D eigenvalue weighted by atomic mass is 10.3. The van der Waals surface area contributed by atoms with Crippen LogP contribution in [0.25, 0.3) is 0 Å². The number of anilines is 1. The third kappa shape index (κ3) is 2.33. The third-order valence-electron chi connectivity index (χ3n) is 2.50. The number of carbonyl (C=O) groups excluding carboxylic acids is 2. The molecule has 6 heteroatoms. The second-order valence-electron chi connectivity index (χ2n) is 3.54. The molecule has 6 nitrogen and oxygen atoms in total. The zero-order valence-corrected chi connectivity index (χ0v) is 8.76. The topological polar surface area (TPSA) is 65.8 Å². The molecule has 0 spiro atoms. The van der Waals surface area contributed by atoms with Gasteiger partial charge in [0.2, 0.25) is 12.3 Å². The minimum absolute atomic E-state index is 0.194. The molecule has 0 atom stereocenters. The van der Waals surface area contributed by atoms with Crippen molar-refractivity contribution in [2.24, 2.45) is 0 Å². The van der Waals surface area contributed by atoms with Crippen molar-refractivity contribution in [3.05, 3.63) is 18.4 Å². The molecule has 0 aromatic carbocycles. The number of furan rings is 1. The molecule has 1 fully saturated rings. The van der Waals surface area contributed by atoms with Gasteiger partial charge in [0, 0.05) is 32.2 Å². The van der Waals surface area contributed by atoms with Gasteiger partial charge in [-0.05, 0) is 6.07 Å². The van der Waals surface area contributed by atoms with E-state index in [1.54, 1.807) is 21.9 Å². The molecule has 2 heterocycles. The first kappa shape index (κ1) is 10.5. The molecule has 1 aliphatic heterocycles. The van der Waals surface area contributed by atoms with E-state index in [1.165, 1.54) is 6.26 Å². The molecule has 1 aromatic rings. The molecule has 1 aromatic heterocycles. The number of amides is 3. The molecule has 16 heavy (non-hydrogen) atoms. The van der Waals surface area contributed by atoms with E-state index in [2.05, 4.69) is 5.32 Å². The molecule has 0 unspecified atom stereocenters. The number of hydrogen-bond acceptors (Lipinski definition) is 3. The summed E-state index contributed by atoms with van der Waals surface area (Å²) < 4.78 is 5.01. The highest BCUT2D eigenvalue weighted by molar-refractivity contribution is 5.88. The number of hydrogen-bond donors (Lipinski definition) is 1. The Labute approximate surface area is 92.8 Å². The van der Waals surface area contributed by atoms with Crippen molar-refractivity contribution in [2.75, 3.05) is 31.5 Å². The normalized spacial score (nSPS) is 16.0.